The topological polar surface area (TPSA) is 26.7 Å². The van der Waals surface area contributed by atoms with Crippen molar-refractivity contribution in [2.75, 3.05) is 24.5 Å². The van der Waals surface area contributed by atoms with E-state index in [1.54, 1.807) is 6.07 Å². The summed E-state index contributed by atoms with van der Waals surface area (Å²) in [5.74, 6) is -0.140. The summed E-state index contributed by atoms with van der Waals surface area (Å²) in [6.07, 6.45) is 1.60. The molecule has 0 unspecified atom stereocenters. The van der Waals surface area contributed by atoms with Crippen molar-refractivity contribution in [1.29, 1.82) is 0 Å². The van der Waals surface area contributed by atoms with E-state index in [9.17, 15) is 9.50 Å². The summed E-state index contributed by atoms with van der Waals surface area (Å²) < 4.78 is 14.0. The molecule has 24 heavy (non-hydrogen) atoms. The SMILES string of the molecule is O[C@H]1CN(C2CCN(c3ccccc3F)CC2)Cc2ccccc21. The molecule has 2 aliphatic heterocycles. The summed E-state index contributed by atoms with van der Waals surface area (Å²) in [7, 11) is 0. The third kappa shape index (κ3) is 2.92. The van der Waals surface area contributed by atoms with E-state index in [-0.39, 0.29) is 5.82 Å². The zero-order chi connectivity index (χ0) is 16.5. The second-order valence-corrected chi connectivity index (χ2v) is 6.81. The fraction of sp³-hybridized carbons (Fsp3) is 0.400. The molecule has 0 spiro atoms. The van der Waals surface area contributed by atoms with Crippen molar-refractivity contribution in [1.82, 2.24) is 4.90 Å². The van der Waals surface area contributed by atoms with Gasteiger partial charge in [0.15, 0.2) is 0 Å². The van der Waals surface area contributed by atoms with Gasteiger partial charge in [-0.05, 0) is 36.1 Å². The van der Waals surface area contributed by atoms with Crippen LogP contribution >= 0.6 is 0 Å². The highest BCUT2D eigenvalue weighted by atomic mass is 19.1. The number of aliphatic hydroxyl groups excluding tert-OH is 1. The molecule has 0 saturated carbocycles. The maximum Gasteiger partial charge on any atom is 0.146 e. The molecular formula is C20H23FN2O. The van der Waals surface area contributed by atoms with E-state index in [2.05, 4.69) is 15.9 Å². The molecule has 2 aliphatic rings. The van der Waals surface area contributed by atoms with Crippen molar-refractivity contribution in [3.63, 3.8) is 0 Å². The predicted molar refractivity (Wildman–Crippen MR) is 93.4 cm³/mol. The molecule has 0 aliphatic carbocycles. The average Bonchev–Trinajstić information content (AvgIpc) is 2.62. The standard InChI is InChI=1S/C20H23FN2O/c21-18-7-3-4-8-19(18)22-11-9-16(10-12-22)23-13-15-5-1-2-6-17(15)20(24)14-23/h1-8,16,20,24H,9-14H2/t20-/m0/s1. The first-order valence-electron chi connectivity index (χ1n) is 8.72. The van der Waals surface area contributed by atoms with E-state index < -0.39 is 6.10 Å². The maximum absolute atomic E-state index is 14.0. The molecule has 126 valence electrons. The van der Waals surface area contributed by atoms with Crippen LogP contribution in [0.1, 0.15) is 30.1 Å². The molecule has 2 aromatic rings. The molecule has 4 heteroatoms. The molecular weight excluding hydrogens is 303 g/mol. The first-order valence-corrected chi connectivity index (χ1v) is 8.72. The van der Waals surface area contributed by atoms with Gasteiger partial charge in [-0.1, -0.05) is 36.4 Å². The van der Waals surface area contributed by atoms with Gasteiger partial charge in [0.1, 0.15) is 5.82 Å². The zero-order valence-corrected chi connectivity index (χ0v) is 13.7. The Bertz CT molecular complexity index is 712. The lowest BCUT2D eigenvalue weighted by Gasteiger charge is -2.42. The Labute approximate surface area is 142 Å². The van der Waals surface area contributed by atoms with Crippen LogP contribution in [-0.2, 0) is 6.54 Å². The maximum atomic E-state index is 14.0. The number of rotatable bonds is 2. The Morgan fingerprint density at radius 1 is 0.958 bits per heavy atom. The Hall–Kier alpha value is -1.91. The van der Waals surface area contributed by atoms with Crippen molar-refractivity contribution in [2.45, 2.75) is 31.5 Å². The van der Waals surface area contributed by atoms with Crippen molar-refractivity contribution >= 4 is 5.69 Å². The average molecular weight is 326 g/mol. The third-order valence-corrected chi connectivity index (χ3v) is 5.37. The Morgan fingerprint density at radius 2 is 1.67 bits per heavy atom. The number of hydrogen-bond acceptors (Lipinski definition) is 3. The predicted octanol–water partition coefficient (Wildman–Crippen LogP) is 3.34. The highest BCUT2D eigenvalue weighted by molar-refractivity contribution is 5.48. The van der Waals surface area contributed by atoms with Crippen LogP contribution in [0.25, 0.3) is 0 Å². The van der Waals surface area contributed by atoms with E-state index in [0.717, 1.165) is 38.0 Å². The first kappa shape index (κ1) is 15.6. The van der Waals surface area contributed by atoms with Gasteiger partial charge in [0, 0.05) is 32.2 Å². The lowest BCUT2D eigenvalue weighted by atomic mass is 9.93. The number of β-amino-alcohol motifs (C(OH)–C–C–N with tert-alkyl or cyclic N) is 1. The smallest absolute Gasteiger partial charge is 0.146 e. The van der Waals surface area contributed by atoms with Crippen molar-refractivity contribution < 1.29 is 9.50 Å². The van der Waals surface area contributed by atoms with E-state index in [0.29, 0.717) is 18.3 Å². The van der Waals surface area contributed by atoms with Gasteiger partial charge in [-0.25, -0.2) is 4.39 Å². The lowest BCUT2D eigenvalue weighted by molar-refractivity contribution is 0.0568. The summed E-state index contributed by atoms with van der Waals surface area (Å²) in [4.78, 5) is 4.53. The Balaban J connectivity index is 1.43. The van der Waals surface area contributed by atoms with Crippen molar-refractivity contribution in [3.8, 4) is 0 Å². The molecule has 1 atom stereocenters. The van der Waals surface area contributed by atoms with Crippen molar-refractivity contribution in [3.05, 3.63) is 65.5 Å². The highest BCUT2D eigenvalue weighted by Crippen LogP contribution is 2.31. The minimum atomic E-state index is -0.403. The summed E-state index contributed by atoms with van der Waals surface area (Å²) in [6.45, 7) is 3.32. The number of fused-ring (bicyclic) bond motifs is 1. The van der Waals surface area contributed by atoms with Gasteiger partial charge < -0.3 is 10.0 Å². The minimum absolute atomic E-state index is 0.140. The van der Waals surface area contributed by atoms with Gasteiger partial charge in [-0.2, -0.15) is 0 Å². The van der Waals surface area contributed by atoms with Gasteiger partial charge in [0.05, 0.1) is 11.8 Å². The molecule has 2 heterocycles. The van der Waals surface area contributed by atoms with Crippen molar-refractivity contribution in [2.24, 2.45) is 0 Å². The molecule has 2 aromatic carbocycles. The van der Waals surface area contributed by atoms with E-state index >= 15 is 0 Å². The van der Waals surface area contributed by atoms with Gasteiger partial charge in [-0.15, -0.1) is 0 Å². The summed E-state index contributed by atoms with van der Waals surface area (Å²) in [5.41, 5.74) is 3.00. The molecule has 4 rings (SSSR count). The number of piperidine rings is 1. The van der Waals surface area contributed by atoms with E-state index in [1.807, 2.05) is 30.3 Å². The largest absolute Gasteiger partial charge is 0.387 e. The van der Waals surface area contributed by atoms with Crippen LogP contribution in [-0.4, -0.2) is 35.7 Å². The van der Waals surface area contributed by atoms with Gasteiger partial charge in [0.2, 0.25) is 0 Å². The van der Waals surface area contributed by atoms with Crippen LogP contribution in [0.2, 0.25) is 0 Å². The van der Waals surface area contributed by atoms with Crippen LogP contribution in [0.3, 0.4) is 0 Å². The zero-order valence-electron chi connectivity index (χ0n) is 13.7. The number of halogens is 1. The molecule has 1 fully saturated rings. The van der Waals surface area contributed by atoms with Crippen LogP contribution in [0, 0.1) is 5.82 Å². The fourth-order valence-electron chi connectivity index (χ4n) is 4.07. The van der Waals surface area contributed by atoms with Gasteiger partial charge in [-0.3, -0.25) is 4.90 Å². The number of benzene rings is 2. The van der Waals surface area contributed by atoms with Gasteiger partial charge >= 0.3 is 0 Å². The number of para-hydroxylation sites is 1. The normalized spacial score (nSPS) is 22.4. The quantitative estimate of drug-likeness (QED) is 0.917. The lowest BCUT2D eigenvalue weighted by Crippen LogP contribution is -2.47. The summed E-state index contributed by atoms with van der Waals surface area (Å²) >= 11 is 0. The Kier molecular flexibility index (Phi) is 4.25. The van der Waals surface area contributed by atoms with Crippen LogP contribution < -0.4 is 4.90 Å². The second-order valence-electron chi connectivity index (χ2n) is 6.81. The summed E-state index contributed by atoms with van der Waals surface area (Å²) in [5, 5.41) is 10.4. The Morgan fingerprint density at radius 3 is 2.46 bits per heavy atom. The monoisotopic (exact) mass is 326 g/mol. The highest BCUT2D eigenvalue weighted by Gasteiger charge is 2.31. The fourth-order valence-corrected chi connectivity index (χ4v) is 4.07. The molecule has 0 amide bonds. The third-order valence-electron chi connectivity index (χ3n) is 5.37. The van der Waals surface area contributed by atoms with E-state index in [4.69, 9.17) is 0 Å². The molecule has 1 saturated heterocycles. The van der Waals surface area contributed by atoms with Gasteiger partial charge in [0.25, 0.3) is 0 Å². The van der Waals surface area contributed by atoms with Crippen LogP contribution in [0.4, 0.5) is 10.1 Å². The second kappa shape index (κ2) is 6.54. The number of nitrogens with zero attached hydrogens (tertiary/aromatic N) is 2. The minimum Gasteiger partial charge on any atom is -0.387 e. The van der Waals surface area contributed by atoms with Crippen LogP contribution in [0.15, 0.2) is 48.5 Å². The first-order chi connectivity index (χ1) is 11.7. The summed E-state index contributed by atoms with van der Waals surface area (Å²) in [6, 6.07) is 15.6. The molecule has 3 nitrogen and oxygen atoms in total. The molecule has 0 radical (unpaired) electrons. The molecule has 0 aromatic heterocycles. The van der Waals surface area contributed by atoms with Crippen LogP contribution in [0.5, 0.6) is 0 Å². The number of anilines is 1. The molecule has 1 N–H and O–H groups in total. The van der Waals surface area contributed by atoms with E-state index in [1.165, 1.54) is 11.6 Å². The molecule has 0 bridgehead atoms. The number of hydrogen-bond donors (Lipinski definition) is 1. The number of aliphatic hydroxyl groups is 1.